The fraction of sp³-hybridized carbons (Fsp3) is 0.333. The molecule has 40 heavy (non-hydrogen) atoms. The Morgan fingerprint density at radius 2 is 2.17 bits per heavy atom. The van der Waals surface area contributed by atoms with Crippen LogP contribution in [-0.4, -0.2) is 62.6 Å². The molecule has 2 saturated heterocycles. The molecule has 2 aliphatic heterocycles. The van der Waals surface area contributed by atoms with Gasteiger partial charge in [0.2, 0.25) is 5.88 Å². The van der Waals surface area contributed by atoms with Crippen molar-refractivity contribution in [2.75, 3.05) is 25.0 Å². The van der Waals surface area contributed by atoms with Gasteiger partial charge in [-0.1, -0.05) is 6.07 Å². The molecule has 206 valence electrons. The molecule has 3 N–H and O–H groups in total. The molecule has 2 aromatic carbocycles. The lowest BCUT2D eigenvalue weighted by Crippen LogP contribution is -2.43. The molecule has 2 fully saturated rings. The summed E-state index contributed by atoms with van der Waals surface area (Å²) in [5.41, 5.74) is -0.413. The number of carboxylic acid groups (broad SMARTS) is 1. The Morgan fingerprint density at radius 1 is 1.38 bits per heavy atom. The number of carbonyl (C=O) groups is 1. The number of amides is 1. The maximum Gasteiger partial charge on any atom is 0.409 e. The number of hydrogen-bond donors (Lipinski definition) is 3. The van der Waals surface area contributed by atoms with Crippen LogP contribution in [0.2, 0.25) is 0 Å². The van der Waals surface area contributed by atoms with Crippen molar-refractivity contribution in [3.63, 3.8) is 0 Å². The molecule has 4 aromatic rings. The number of nitrogens with zero attached hydrogens (tertiary/aromatic N) is 4. The molecule has 4 heterocycles. The van der Waals surface area contributed by atoms with E-state index in [-0.39, 0.29) is 55.3 Å². The highest BCUT2D eigenvalue weighted by Crippen LogP contribution is 2.45. The van der Waals surface area contributed by atoms with Gasteiger partial charge in [-0.05, 0) is 49.6 Å². The van der Waals surface area contributed by atoms with Crippen LogP contribution >= 0.6 is 11.3 Å². The third kappa shape index (κ3) is 4.06. The maximum atomic E-state index is 16.3. The number of aryl methyl sites for hydroxylation is 1. The van der Waals surface area contributed by atoms with Crippen LogP contribution in [0, 0.1) is 29.9 Å². The average Bonchev–Trinajstić information content (AvgIpc) is 3.54. The van der Waals surface area contributed by atoms with E-state index in [9.17, 15) is 23.9 Å². The van der Waals surface area contributed by atoms with E-state index in [0.29, 0.717) is 18.5 Å². The number of anilines is 1. The topological polar surface area (TPSA) is 132 Å². The molecule has 13 heteroatoms. The van der Waals surface area contributed by atoms with Gasteiger partial charge >= 0.3 is 12.1 Å². The number of nitrogens with one attached hydrogen (secondary N) is 1. The second-order valence-corrected chi connectivity index (χ2v) is 11.1. The molecule has 2 aromatic heterocycles. The first-order chi connectivity index (χ1) is 19.1. The van der Waals surface area contributed by atoms with E-state index in [1.54, 1.807) is 6.92 Å². The minimum absolute atomic E-state index is 0.00523. The van der Waals surface area contributed by atoms with Crippen molar-refractivity contribution >= 4 is 43.4 Å². The Hall–Kier alpha value is -4.15. The van der Waals surface area contributed by atoms with Gasteiger partial charge in [-0.2, -0.15) is 15.2 Å². The van der Waals surface area contributed by atoms with Crippen LogP contribution in [0.25, 0.3) is 32.1 Å². The lowest BCUT2D eigenvalue weighted by Gasteiger charge is -2.30. The lowest BCUT2D eigenvalue weighted by molar-refractivity contribution is 0.107. The number of aromatic nitrogens is 2. The first kappa shape index (κ1) is 26.1. The first-order valence-corrected chi connectivity index (χ1v) is 13.3. The highest BCUT2D eigenvalue weighted by atomic mass is 32.1. The fourth-order valence-corrected chi connectivity index (χ4v) is 7.10. The van der Waals surface area contributed by atoms with Gasteiger partial charge in [-0.25, -0.2) is 18.0 Å². The number of benzene rings is 2. The second-order valence-electron chi connectivity index (χ2n) is 10.1. The summed E-state index contributed by atoms with van der Waals surface area (Å²) in [7, 11) is 0. The van der Waals surface area contributed by atoms with Crippen molar-refractivity contribution in [1.29, 1.82) is 5.26 Å². The molecule has 9 nitrogen and oxygen atoms in total. The van der Waals surface area contributed by atoms with E-state index >= 15 is 4.39 Å². The van der Waals surface area contributed by atoms with E-state index in [2.05, 4.69) is 15.3 Å². The molecule has 0 aliphatic carbocycles. The zero-order valence-electron chi connectivity index (χ0n) is 21.1. The van der Waals surface area contributed by atoms with Crippen LogP contribution < -0.4 is 10.1 Å². The first-order valence-electron chi connectivity index (χ1n) is 12.5. The quantitative estimate of drug-likeness (QED) is 0.278. The summed E-state index contributed by atoms with van der Waals surface area (Å²) in [6.45, 7) is 2.74. The number of thiophene rings is 1. The Labute approximate surface area is 229 Å². The summed E-state index contributed by atoms with van der Waals surface area (Å²) in [5.74, 6) is -2.07. The number of nitriles is 1. The van der Waals surface area contributed by atoms with E-state index in [0.717, 1.165) is 36.8 Å². The van der Waals surface area contributed by atoms with Crippen molar-refractivity contribution in [2.24, 2.45) is 0 Å². The Morgan fingerprint density at radius 3 is 2.92 bits per heavy atom. The summed E-state index contributed by atoms with van der Waals surface area (Å²) < 4.78 is 51.0. The molecule has 1 amide bonds. The number of halogens is 3. The van der Waals surface area contributed by atoms with Crippen LogP contribution in [0.3, 0.4) is 0 Å². The van der Waals surface area contributed by atoms with Gasteiger partial charge in [-0.3, -0.25) is 10.2 Å². The smallest absolute Gasteiger partial charge is 0.409 e. The molecule has 0 saturated carbocycles. The SMILES string of the molecule is Cc1cc2c(O)nc(OC[C@@]34CCCN3C[C@H](F)C4)nc2c(F)c1-c1ccc(F)c2sc(NC(=O)O)c(C#N)c12. The molecule has 0 spiro atoms. The van der Waals surface area contributed by atoms with Gasteiger partial charge in [0.25, 0.3) is 0 Å². The highest BCUT2D eigenvalue weighted by molar-refractivity contribution is 7.23. The minimum Gasteiger partial charge on any atom is -0.493 e. The van der Waals surface area contributed by atoms with Crippen LogP contribution in [0.4, 0.5) is 23.0 Å². The predicted molar refractivity (Wildman–Crippen MR) is 142 cm³/mol. The molecule has 0 radical (unpaired) electrons. The van der Waals surface area contributed by atoms with Gasteiger partial charge in [0.15, 0.2) is 5.82 Å². The number of fused-ring (bicyclic) bond motifs is 3. The standard InChI is InChI=1S/C27H22F3N5O4S/c1-12-7-15-21(32-25(33-23(15)36)39-11-27-5-2-6-35(27)10-13(28)8-27)20(30)18(12)14-3-4-17(29)22-19(14)16(9-31)24(40-22)34-26(37)38/h3-4,7,13,34H,2,5-6,8,10-11H2,1H3,(H,37,38)(H,32,33,36)/t13-,27+/m1/s1. The minimum atomic E-state index is -1.43. The van der Waals surface area contributed by atoms with Crippen molar-refractivity contribution < 1.29 is 32.9 Å². The summed E-state index contributed by atoms with van der Waals surface area (Å²) in [4.78, 5) is 21.5. The van der Waals surface area contributed by atoms with Crippen molar-refractivity contribution in [3.8, 4) is 29.1 Å². The van der Waals surface area contributed by atoms with E-state index in [1.807, 2.05) is 11.0 Å². The monoisotopic (exact) mass is 569 g/mol. The van der Waals surface area contributed by atoms with Crippen LogP contribution in [0.5, 0.6) is 11.9 Å². The summed E-state index contributed by atoms with van der Waals surface area (Å²) in [5, 5.41) is 31.7. The maximum absolute atomic E-state index is 16.3. The van der Waals surface area contributed by atoms with Gasteiger partial charge in [-0.15, -0.1) is 11.3 Å². The van der Waals surface area contributed by atoms with E-state index in [4.69, 9.17) is 9.84 Å². The van der Waals surface area contributed by atoms with Crippen LogP contribution in [0.15, 0.2) is 18.2 Å². The third-order valence-electron chi connectivity index (χ3n) is 7.71. The van der Waals surface area contributed by atoms with Gasteiger partial charge in [0.05, 0.1) is 21.2 Å². The molecular weight excluding hydrogens is 547 g/mol. The number of hydrogen-bond acceptors (Lipinski definition) is 8. The number of ether oxygens (including phenoxy) is 1. The molecule has 2 aliphatic rings. The van der Waals surface area contributed by atoms with Crippen LogP contribution in [0.1, 0.15) is 30.4 Å². The molecular formula is C27H22F3N5O4S. The Kier molecular flexibility index (Phi) is 6.19. The Bertz CT molecular complexity index is 1760. The summed E-state index contributed by atoms with van der Waals surface area (Å²) in [6, 6.07) is 5.52. The summed E-state index contributed by atoms with van der Waals surface area (Å²) >= 11 is 0.730. The zero-order chi connectivity index (χ0) is 28.3. The zero-order valence-corrected chi connectivity index (χ0v) is 21.9. The van der Waals surface area contributed by atoms with Crippen molar-refractivity contribution in [1.82, 2.24) is 14.9 Å². The van der Waals surface area contributed by atoms with E-state index in [1.165, 1.54) is 12.1 Å². The largest absolute Gasteiger partial charge is 0.493 e. The average molecular weight is 570 g/mol. The van der Waals surface area contributed by atoms with Gasteiger partial charge < -0.3 is 14.9 Å². The molecule has 0 unspecified atom stereocenters. The number of aromatic hydroxyl groups is 1. The third-order valence-corrected chi connectivity index (χ3v) is 8.82. The lowest BCUT2D eigenvalue weighted by atomic mass is 9.93. The highest BCUT2D eigenvalue weighted by Gasteiger charge is 2.49. The molecule has 2 atom stereocenters. The van der Waals surface area contributed by atoms with Crippen molar-refractivity contribution in [3.05, 3.63) is 41.0 Å². The van der Waals surface area contributed by atoms with Gasteiger partial charge in [0.1, 0.15) is 35.2 Å². The molecule has 6 rings (SSSR count). The Balaban J connectivity index is 1.47. The number of rotatable bonds is 5. The van der Waals surface area contributed by atoms with Crippen molar-refractivity contribution in [2.45, 2.75) is 37.9 Å². The molecule has 0 bridgehead atoms. The van der Waals surface area contributed by atoms with E-state index < -0.39 is 35.3 Å². The fourth-order valence-electron chi connectivity index (χ4n) is 6.03. The van der Waals surface area contributed by atoms with Gasteiger partial charge in [0, 0.05) is 23.9 Å². The predicted octanol–water partition coefficient (Wildman–Crippen LogP) is 5.72. The van der Waals surface area contributed by atoms with Crippen LogP contribution in [-0.2, 0) is 0 Å². The summed E-state index contributed by atoms with van der Waals surface area (Å²) in [6.07, 6.45) is -0.443. The normalized spacial score (nSPS) is 20.6. The second kappa shape index (κ2) is 9.50. The number of alkyl halides is 1.